The highest BCUT2D eigenvalue weighted by molar-refractivity contribution is 9.11. The van der Waals surface area contributed by atoms with Crippen molar-refractivity contribution in [2.24, 2.45) is 0 Å². The molecular formula is C12H9Br2N3O2. The van der Waals surface area contributed by atoms with Gasteiger partial charge in [0.2, 0.25) is 11.7 Å². The largest absolute Gasteiger partial charge is 0.338 e. The number of ketones is 1. The Morgan fingerprint density at radius 3 is 2.89 bits per heavy atom. The van der Waals surface area contributed by atoms with Crippen LogP contribution in [0.3, 0.4) is 0 Å². The summed E-state index contributed by atoms with van der Waals surface area (Å²) in [5, 5.41) is 3.91. The summed E-state index contributed by atoms with van der Waals surface area (Å²) in [5.74, 6) is 0.733. The fraction of sp³-hybridized carbons (Fsp3) is 0.333. The molecule has 0 saturated heterocycles. The molecule has 98 valence electrons. The normalized spacial score (nSPS) is 19.1. The van der Waals surface area contributed by atoms with E-state index in [0.717, 1.165) is 21.8 Å². The number of halogens is 2. The van der Waals surface area contributed by atoms with Crippen LogP contribution in [-0.2, 0) is 4.79 Å². The number of pyridine rings is 1. The first-order valence-corrected chi connectivity index (χ1v) is 7.41. The Balaban J connectivity index is 1.94. The Hall–Kier alpha value is -1.08. The molecule has 0 radical (unpaired) electrons. The highest BCUT2D eigenvalue weighted by atomic mass is 79.9. The van der Waals surface area contributed by atoms with Gasteiger partial charge in [-0.05, 0) is 50.8 Å². The zero-order valence-electron chi connectivity index (χ0n) is 9.77. The number of carbonyl (C=O) groups excluding carboxylic acids is 1. The highest BCUT2D eigenvalue weighted by Gasteiger charge is 2.31. The number of carbonyl (C=O) groups is 1. The quantitative estimate of drug-likeness (QED) is 0.790. The van der Waals surface area contributed by atoms with Crippen molar-refractivity contribution in [1.29, 1.82) is 0 Å². The third-order valence-electron chi connectivity index (χ3n) is 3.06. The second-order valence-corrected chi connectivity index (χ2v) is 6.12. The molecule has 2 heterocycles. The topological polar surface area (TPSA) is 68.9 Å². The van der Waals surface area contributed by atoms with E-state index < -0.39 is 0 Å². The SMILES string of the molecule is O=C1CCCC1c1nc(-c2ncc(Br)cc2Br)no1. The molecule has 0 aromatic carbocycles. The molecule has 19 heavy (non-hydrogen) atoms. The monoisotopic (exact) mass is 385 g/mol. The number of Topliss-reactive ketones (excluding diaryl/α,β-unsaturated/α-hetero) is 1. The van der Waals surface area contributed by atoms with Crippen LogP contribution in [0.15, 0.2) is 25.7 Å². The number of rotatable bonds is 2. The van der Waals surface area contributed by atoms with Gasteiger partial charge in [0.05, 0.1) is 5.92 Å². The zero-order chi connectivity index (χ0) is 13.4. The van der Waals surface area contributed by atoms with Crippen molar-refractivity contribution in [3.05, 3.63) is 27.1 Å². The van der Waals surface area contributed by atoms with E-state index in [4.69, 9.17) is 4.52 Å². The first kappa shape index (κ1) is 12.9. The minimum Gasteiger partial charge on any atom is -0.338 e. The van der Waals surface area contributed by atoms with E-state index in [-0.39, 0.29) is 11.7 Å². The van der Waals surface area contributed by atoms with Crippen LogP contribution < -0.4 is 0 Å². The summed E-state index contributed by atoms with van der Waals surface area (Å²) in [5.41, 5.74) is 0.601. The number of hydrogen-bond donors (Lipinski definition) is 0. The second-order valence-electron chi connectivity index (χ2n) is 4.35. The summed E-state index contributed by atoms with van der Waals surface area (Å²) >= 11 is 6.74. The lowest BCUT2D eigenvalue weighted by Gasteiger charge is -1.99. The van der Waals surface area contributed by atoms with Crippen molar-refractivity contribution in [2.75, 3.05) is 0 Å². The van der Waals surface area contributed by atoms with E-state index >= 15 is 0 Å². The summed E-state index contributed by atoms with van der Waals surface area (Å²) in [6.07, 6.45) is 3.94. The standard InChI is InChI=1S/C12H9Br2N3O2/c13-6-4-8(14)10(15-5-6)11-16-12(19-17-11)7-2-1-3-9(7)18/h4-5,7H,1-3H2. The molecule has 0 spiro atoms. The molecule has 0 bridgehead atoms. The predicted octanol–water partition coefficient (Wildman–Crippen LogP) is 3.49. The van der Waals surface area contributed by atoms with Crippen molar-refractivity contribution in [3.8, 4) is 11.5 Å². The molecule has 2 aromatic rings. The smallest absolute Gasteiger partial charge is 0.237 e. The van der Waals surface area contributed by atoms with Gasteiger partial charge in [0.15, 0.2) is 0 Å². The summed E-state index contributed by atoms with van der Waals surface area (Å²) < 4.78 is 6.83. The molecule has 1 atom stereocenters. The van der Waals surface area contributed by atoms with E-state index in [9.17, 15) is 4.79 Å². The Morgan fingerprint density at radius 2 is 2.21 bits per heavy atom. The van der Waals surface area contributed by atoms with E-state index in [0.29, 0.717) is 23.8 Å². The molecule has 5 nitrogen and oxygen atoms in total. The molecule has 0 amide bonds. The van der Waals surface area contributed by atoms with Crippen molar-refractivity contribution in [3.63, 3.8) is 0 Å². The highest BCUT2D eigenvalue weighted by Crippen LogP contribution is 2.32. The fourth-order valence-corrected chi connectivity index (χ4v) is 3.29. The van der Waals surface area contributed by atoms with Gasteiger partial charge in [-0.1, -0.05) is 5.16 Å². The van der Waals surface area contributed by atoms with Crippen LogP contribution >= 0.6 is 31.9 Å². The van der Waals surface area contributed by atoms with Crippen LogP contribution in [0.2, 0.25) is 0 Å². The van der Waals surface area contributed by atoms with Gasteiger partial charge in [-0.15, -0.1) is 0 Å². The van der Waals surface area contributed by atoms with Crippen LogP contribution in [0, 0.1) is 0 Å². The minimum absolute atomic E-state index is 0.179. The maximum absolute atomic E-state index is 11.7. The van der Waals surface area contributed by atoms with Crippen molar-refractivity contribution in [1.82, 2.24) is 15.1 Å². The Bertz CT molecular complexity index is 642. The molecule has 7 heteroatoms. The molecular weight excluding hydrogens is 378 g/mol. The van der Waals surface area contributed by atoms with Crippen LogP contribution in [0.1, 0.15) is 31.1 Å². The van der Waals surface area contributed by atoms with Crippen molar-refractivity contribution >= 4 is 37.6 Å². The zero-order valence-corrected chi connectivity index (χ0v) is 12.9. The maximum Gasteiger partial charge on any atom is 0.237 e. The lowest BCUT2D eigenvalue weighted by atomic mass is 10.1. The average Bonchev–Trinajstić information content (AvgIpc) is 2.97. The lowest BCUT2D eigenvalue weighted by Crippen LogP contribution is -2.04. The first-order chi connectivity index (χ1) is 9.15. The Kier molecular flexibility index (Phi) is 3.49. The summed E-state index contributed by atoms with van der Waals surface area (Å²) in [7, 11) is 0. The van der Waals surface area contributed by atoms with Crippen LogP contribution in [0.4, 0.5) is 0 Å². The Labute approximate surface area is 126 Å². The third-order valence-corrected chi connectivity index (χ3v) is 4.10. The van der Waals surface area contributed by atoms with E-state index in [2.05, 4.69) is 47.0 Å². The van der Waals surface area contributed by atoms with Crippen LogP contribution in [-0.4, -0.2) is 20.9 Å². The lowest BCUT2D eigenvalue weighted by molar-refractivity contribution is -0.119. The van der Waals surface area contributed by atoms with Gasteiger partial charge in [0.25, 0.3) is 0 Å². The molecule has 1 unspecified atom stereocenters. The maximum atomic E-state index is 11.7. The van der Waals surface area contributed by atoms with Crippen molar-refractivity contribution < 1.29 is 9.32 Å². The van der Waals surface area contributed by atoms with Crippen LogP contribution in [0.5, 0.6) is 0 Å². The fourth-order valence-electron chi connectivity index (χ4n) is 2.13. The molecule has 3 rings (SSSR count). The number of aromatic nitrogens is 3. The molecule has 1 saturated carbocycles. The predicted molar refractivity (Wildman–Crippen MR) is 74.5 cm³/mol. The van der Waals surface area contributed by atoms with Gasteiger partial charge >= 0.3 is 0 Å². The summed E-state index contributed by atoms with van der Waals surface area (Å²) in [6.45, 7) is 0. The van der Waals surface area contributed by atoms with Gasteiger partial charge in [-0.2, -0.15) is 4.98 Å². The van der Waals surface area contributed by atoms with Gasteiger partial charge < -0.3 is 4.52 Å². The van der Waals surface area contributed by atoms with E-state index in [1.54, 1.807) is 6.20 Å². The molecule has 1 aliphatic carbocycles. The molecule has 0 N–H and O–H groups in total. The molecule has 1 aliphatic rings. The summed E-state index contributed by atoms with van der Waals surface area (Å²) in [4.78, 5) is 20.2. The van der Waals surface area contributed by atoms with Gasteiger partial charge in [-0.3, -0.25) is 9.78 Å². The molecule has 0 aliphatic heterocycles. The molecule has 2 aromatic heterocycles. The first-order valence-electron chi connectivity index (χ1n) is 5.83. The number of nitrogens with zero attached hydrogens (tertiary/aromatic N) is 3. The van der Waals surface area contributed by atoms with Crippen LogP contribution in [0.25, 0.3) is 11.5 Å². The Morgan fingerprint density at radius 1 is 1.37 bits per heavy atom. The van der Waals surface area contributed by atoms with Gasteiger partial charge in [0, 0.05) is 21.6 Å². The summed E-state index contributed by atoms with van der Waals surface area (Å²) in [6, 6.07) is 1.86. The van der Waals surface area contributed by atoms with E-state index in [1.165, 1.54) is 0 Å². The van der Waals surface area contributed by atoms with E-state index in [1.807, 2.05) is 6.07 Å². The molecule has 1 fully saturated rings. The van der Waals surface area contributed by atoms with Gasteiger partial charge in [-0.25, -0.2) is 0 Å². The number of hydrogen-bond acceptors (Lipinski definition) is 5. The van der Waals surface area contributed by atoms with Gasteiger partial charge in [0.1, 0.15) is 11.5 Å². The average molecular weight is 387 g/mol. The van der Waals surface area contributed by atoms with Crippen molar-refractivity contribution in [2.45, 2.75) is 25.2 Å². The third kappa shape index (κ3) is 2.49. The minimum atomic E-state index is -0.240. The second kappa shape index (κ2) is 5.13.